The minimum Gasteiger partial charge on any atom is -0.316 e. The van der Waals surface area contributed by atoms with Crippen LogP contribution in [0.5, 0.6) is 0 Å². The molecule has 0 fully saturated rings. The zero-order chi connectivity index (χ0) is 11.2. The Bertz CT molecular complexity index is 496. The summed E-state index contributed by atoms with van der Waals surface area (Å²) >= 11 is 5.87. The summed E-state index contributed by atoms with van der Waals surface area (Å²) in [6, 6.07) is 0. The first-order valence-electron chi connectivity index (χ1n) is 4.70. The fourth-order valence-electron chi connectivity index (χ4n) is 1.81. The van der Waals surface area contributed by atoms with E-state index >= 15 is 0 Å². The van der Waals surface area contributed by atoms with E-state index in [1.165, 1.54) is 0 Å². The first-order valence-corrected chi connectivity index (χ1v) is 5.24. The van der Waals surface area contributed by atoms with Crippen molar-refractivity contribution in [3.63, 3.8) is 0 Å². The van der Waals surface area contributed by atoms with E-state index < -0.39 is 0 Å². The molecule has 0 saturated carbocycles. The lowest BCUT2D eigenvalue weighted by molar-refractivity contribution is 0.671. The van der Waals surface area contributed by atoms with Gasteiger partial charge >= 0.3 is 0 Å². The smallest absolute Gasteiger partial charge is 0.177 e. The number of hydrogen-bond acceptors (Lipinski definition) is 3. The van der Waals surface area contributed by atoms with E-state index in [1.54, 1.807) is 0 Å². The van der Waals surface area contributed by atoms with Gasteiger partial charge in [0.1, 0.15) is 11.3 Å². The quantitative estimate of drug-likeness (QED) is 0.719. The second-order valence-corrected chi connectivity index (χ2v) is 3.97. The number of alkyl halides is 1. The van der Waals surface area contributed by atoms with Gasteiger partial charge in [0, 0.05) is 21.1 Å². The van der Waals surface area contributed by atoms with Gasteiger partial charge in [-0.15, -0.1) is 11.6 Å². The predicted octanol–water partition coefficient (Wildman–Crippen LogP) is 1.01. The van der Waals surface area contributed by atoms with Crippen LogP contribution in [0.25, 0.3) is 11.2 Å². The van der Waals surface area contributed by atoms with E-state index in [1.807, 2.05) is 42.4 Å². The summed E-state index contributed by atoms with van der Waals surface area (Å²) in [6.45, 7) is 1.95. The van der Waals surface area contributed by atoms with Crippen molar-refractivity contribution < 1.29 is 0 Å². The number of imidazole rings is 1. The molecule has 2 aromatic rings. The topological polar surface area (TPSA) is 38.9 Å². The molecule has 2 aromatic heterocycles. The third-order valence-corrected chi connectivity index (χ3v) is 2.61. The van der Waals surface area contributed by atoms with Gasteiger partial charge in [-0.3, -0.25) is 0 Å². The molecular weight excluding hydrogens is 214 g/mol. The van der Waals surface area contributed by atoms with Gasteiger partial charge in [-0.1, -0.05) is 0 Å². The fraction of sp³-hybridized carbons (Fsp3) is 0.556. The molecular formula is C9H14ClN5. The Morgan fingerprint density at radius 1 is 1.40 bits per heavy atom. The standard InChI is InChI=1S/C9H14ClN5/c1-6-8-9(14(4)12-6)15(13(2)3)7(5-10)11-8/h5H2,1-4H3. The van der Waals surface area contributed by atoms with Gasteiger partial charge in [0.25, 0.3) is 0 Å². The summed E-state index contributed by atoms with van der Waals surface area (Å²) < 4.78 is 3.80. The average molecular weight is 228 g/mol. The molecule has 0 bridgehead atoms. The number of aryl methyl sites for hydroxylation is 2. The number of aromatic nitrogens is 4. The Morgan fingerprint density at radius 3 is 2.60 bits per heavy atom. The summed E-state index contributed by atoms with van der Waals surface area (Å²) in [7, 11) is 5.83. The summed E-state index contributed by atoms with van der Waals surface area (Å²) in [5, 5.41) is 6.28. The second kappa shape index (κ2) is 3.41. The van der Waals surface area contributed by atoms with Crippen LogP contribution in [-0.2, 0) is 12.9 Å². The van der Waals surface area contributed by atoms with Gasteiger partial charge in [0.2, 0.25) is 0 Å². The molecule has 0 aliphatic heterocycles. The van der Waals surface area contributed by atoms with Gasteiger partial charge < -0.3 is 5.01 Å². The highest BCUT2D eigenvalue weighted by Crippen LogP contribution is 2.19. The van der Waals surface area contributed by atoms with Crippen molar-refractivity contribution in [3.05, 3.63) is 11.5 Å². The van der Waals surface area contributed by atoms with E-state index in [9.17, 15) is 0 Å². The van der Waals surface area contributed by atoms with Crippen LogP contribution in [0.1, 0.15) is 11.5 Å². The van der Waals surface area contributed by atoms with Crippen LogP contribution in [0.15, 0.2) is 0 Å². The Morgan fingerprint density at radius 2 is 2.07 bits per heavy atom. The van der Waals surface area contributed by atoms with Crippen LogP contribution in [0.2, 0.25) is 0 Å². The number of fused-ring (bicyclic) bond motifs is 1. The molecule has 82 valence electrons. The molecule has 0 spiro atoms. The summed E-state index contributed by atoms with van der Waals surface area (Å²) in [4.78, 5) is 4.48. The van der Waals surface area contributed by atoms with E-state index in [4.69, 9.17) is 11.6 Å². The third-order valence-electron chi connectivity index (χ3n) is 2.37. The van der Waals surface area contributed by atoms with Gasteiger partial charge in [-0.2, -0.15) is 5.10 Å². The molecule has 6 heteroatoms. The molecule has 0 amide bonds. The Hall–Kier alpha value is -1.23. The number of nitrogens with zero attached hydrogens (tertiary/aromatic N) is 5. The monoisotopic (exact) mass is 227 g/mol. The van der Waals surface area contributed by atoms with Crippen LogP contribution < -0.4 is 5.01 Å². The Labute approximate surface area is 93.2 Å². The lowest BCUT2D eigenvalue weighted by Crippen LogP contribution is -2.27. The van der Waals surface area contributed by atoms with Gasteiger partial charge in [0.15, 0.2) is 5.65 Å². The third kappa shape index (κ3) is 1.38. The van der Waals surface area contributed by atoms with Crippen LogP contribution >= 0.6 is 11.6 Å². The van der Waals surface area contributed by atoms with Crippen molar-refractivity contribution in [2.24, 2.45) is 7.05 Å². The molecule has 15 heavy (non-hydrogen) atoms. The maximum Gasteiger partial charge on any atom is 0.177 e. The normalized spacial score (nSPS) is 11.3. The van der Waals surface area contributed by atoms with Crippen molar-refractivity contribution >= 4 is 22.8 Å². The summed E-state index contributed by atoms with van der Waals surface area (Å²) in [6.07, 6.45) is 0. The van der Waals surface area contributed by atoms with Crippen LogP contribution in [0.4, 0.5) is 0 Å². The molecule has 0 saturated heterocycles. The maximum absolute atomic E-state index is 5.87. The highest BCUT2D eigenvalue weighted by molar-refractivity contribution is 6.16. The van der Waals surface area contributed by atoms with Gasteiger partial charge in [-0.05, 0) is 6.92 Å². The van der Waals surface area contributed by atoms with Crippen molar-refractivity contribution in [2.45, 2.75) is 12.8 Å². The fourth-order valence-corrected chi connectivity index (χ4v) is 1.98. The molecule has 0 atom stereocenters. The molecule has 0 aromatic carbocycles. The molecule has 2 rings (SSSR count). The van der Waals surface area contributed by atoms with E-state index in [2.05, 4.69) is 10.1 Å². The van der Waals surface area contributed by atoms with Crippen molar-refractivity contribution in [3.8, 4) is 0 Å². The Kier molecular flexibility index (Phi) is 2.34. The highest BCUT2D eigenvalue weighted by atomic mass is 35.5. The molecule has 0 aliphatic rings. The van der Waals surface area contributed by atoms with E-state index in [-0.39, 0.29) is 0 Å². The minimum atomic E-state index is 0.395. The molecule has 2 heterocycles. The van der Waals surface area contributed by atoms with Crippen molar-refractivity contribution in [2.75, 3.05) is 19.1 Å². The highest BCUT2D eigenvalue weighted by Gasteiger charge is 2.17. The lowest BCUT2D eigenvalue weighted by atomic mass is 10.4. The number of rotatable bonds is 2. The molecule has 0 unspecified atom stereocenters. The molecule has 0 aliphatic carbocycles. The first kappa shape index (κ1) is 10.3. The molecule has 5 nitrogen and oxygen atoms in total. The zero-order valence-corrected chi connectivity index (χ0v) is 10.1. The maximum atomic E-state index is 5.87. The predicted molar refractivity (Wildman–Crippen MR) is 60.9 cm³/mol. The molecule has 0 N–H and O–H groups in total. The zero-order valence-electron chi connectivity index (χ0n) is 9.32. The summed E-state index contributed by atoms with van der Waals surface area (Å²) in [5.41, 5.74) is 2.83. The lowest BCUT2D eigenvalue weighted by Gasteiger charge is -2.17. The molecule has 0 radical (unpaired) electrons. The van der Waals surface area contributed by atoms with Crippen LogP contribution in [0.3, 0.4) is 0 Å². The number of halogens is 1. The first-order chi connectivity index (χ1) is 7.06. The van der Waals surface area contributed by atoms with Crippen LogP contribution in [0, 0.1) is 6.92 Å². The van der Waals surface area contributed by atoms with Crippen LogP contribution in [-0.4, -0.2) is 33.5 Å². The minimum absolute atomic E-state index is 0.395. The van der Waals surface area contributed by atoms with Crippen molar-refractivity contribution in [1.82, 2.24) is 19.4 Å². The average Bonchev–Trinajstić information content (AvgIpc) is 2.66. The van der Waals surface area contributed by atoms with E-state index in [0.717, 1.165) is 22.7 Å². The van der Waals surface area contributed by atoms with Crippen molar-refractivity contribution in [1.29, 1.82) is 0 Å². The largest absolute Gasteiger partial charge is 0.316 e. The second-order valence-electron chi connectivity index (χ2n) is 3.70. The number of hydrogen-bond donors (Lipinski definition) is 0. The Balaban J connectivity index is 2.82. The summed E-state index contributed by atoms with van der Waals surface area (Å²) in [5.74, 6) is 1.24. The van der Waals surface area contributed by atoms with Gasteiger partial charge in [-0.25, -0.2) is 14.3 Å². The van der Waals surface area contributed by atoms with E-state index in [0.29, 0.717) is 5.88 Å². The van der Waals surface area contributed by atoms with Gasteiger partial charge in [0.05, 0.1) is 11.6 Å². The SMILES string of the molecule is Cc1nn(C)c2c1nc(CCl)n2N(C)C.